The number of amides is 2. The highest BCUT2D eigenvalue weighted by atomic mass is 35.5. The van der Waals surface area contributed by atoms with Crippen molar-refractivity contribution >= 4 is 79.2 Å². The number of halogens is 4. The standard InChI is InChI=1S/C35H29ClF3N5O6/c1-3-43(4-2)20-7-5-16-11-26(50-25(16)12-20)32(46)40-19-6-8-21-17(9-19)10-22(41-21)33(47)44-15-18(14-36)27-23(44)13-24(45)30-28(27)29(34(48)49)31(42-30)35(37,38)39/h5-13,18,41-42,45H,3-4,14-15H2,1-2H3,(H,40,46)(H,48,49)/t18-/m1/s1. The Labute approximate surface area is 286 Å². The van der Waals surface area contributed by atoms with Gasteiger partial charge in [-0.25, -0.2) is 4.79 Å². The van der Waals surface area contributed by atoms with Crippen molar-refractivity contribution in [2.45, 2.75) is 25.9 Å². The molecule has 3 aromatic carbocycles. The summed E-state index contributed by atoms with van der Waals surface area (Å²) < 4.78 is 47.3. The van der Waals surface area contributed by atoms with E-state index in [2.05, 4.69) is 29.0 Å². The van der Waals surface area contributed by atoms with Crippen molar-refractivity contribution < 1.29 is 42.2 Å². The summed E-state index contributed by atoms with van der Waals surface area (Å²) in [5.41, 5.74) is -0.185. The number of alkyl halides is 4. The third-order valence-corrected chi connectivity index (χ3v) is 9.44. The lowest BCUT2D eigenvalue weighted by Crippen LogP contribution is -2.30. The number of anilines is 3. The van der Waals surface area contributed by atoms with Gasteiger partial charge in [0.15, 0.2) is 5.76 Å². The van der Waals surface area contributed by atoms with E-state index in [-0.39, 0.29) is 40.5 Å². The number of carbonyl (C=O) groups is 3. The Hall–Kier alpha value is -5.63. The Morgan fingerprint density at radius 3 is 2.48 bits per heavy atom. The van der Waals surface area contributed by atoms with Gasteiger partial charge in [0.25, 0.3) is 11.8 Å². The van der Waals surface area contributed by atoms with Gasteiger partial charge >= 0.3 is 12.1 Å². The summed E-state index contributed by atoms with van der Waals surface area (Å²) in [5, 5.41) is 24.3. The third-order valence-electron chi connectivity index (χ3n) is 9.07. The number of phenols is 1. The van der Waals surface area contributed by atoms with Crippen molar-refractivity contribution in [3.63, 3.8) is 0 Å². The number of furan rings is 1. The lowest BCUT2D eigenvalue weighted by atomic mass is 9.95. The molecule has 0 fully saturated rings. The molecule has 0 spiro atoms. The fourth-order valence-corrected chi connectivity index (χ4v) is 6.99. The molecule has 6 aromatic rings. The molecule has 258 valence electrons. The van der Waals surface area contributed by atoms with Crippen molar-refractivity contribution in [2.24, 2.45) is 0 Å². The van der Waals surface area contributed by atoms with Gasteiger partial charge in [-0.3, -0.25) is 9.59 Å². The van der Waals surface area contributed by atoms with Crippen LogP contribution in [0, 0.1) is 0 Å². The molecule has 7 rings (SSSR count). The van der Waals surface area contributed by atoms with E-state index >= 15 is 0 Å². The number of phenolic OH excluding ortho intramolecular Hbond substituents is 1. The number of aromatic carboxylic acids is 1. The van der Waals surface area contributed by atoms with Gasteiger partial charge in [0, 0.05) is 76.6 Å². The van der Waals surface area contributed by atoms with Crippen molar-refractivity contribution in [1.82, 2.24) is 9.97 Å². The largest absolute Gasteiger partial charge is 0.506 e. The first-order chi connectivity index (χ1) is 23.8. The van der Waals surface area contributed by atoms with Crippen LogP contribution < -0.4 is 15.1 Å². The van der Waals surface area contributed by atoms with Gasteiger partial charge in [0.1, 0.15) is 22.7 Å². The van der Waals surface area contributed by atoms with Crippen LogP contribution in [0.3, 0.4) is 0 Å². The van der Waals surface area contributed by atoms with Gasteiger partial charge in [0.05, 0.1) is 16.8 Å². The third kappa shape index (κ3) is 5.35. The van der Waals surface area contributed by atoms with Crippen LogP contribution in [0.2, 0.25) is 0 Å². The SMILES string of the molecule is CCN(CC)c1ccc2cc(C(=O)Nc3ccc4[nH]c(C(=O)N5C[C@@H](CCl)c6c5cc(O)c5[nH]c(C(F)(F)F)c(C(=O)O)c65)cc4c3)oc2c1. The van der Waals surface area contributed by atoms with Crippen LogP contribution in [0.25, 0.3) is 32.8 Å². The second-order valence-corrected chi connectivity index (χ2v) is 12.3. The van der Waals surface area contributed by atoms with Gasteiger partial charge in [-0.15, -0.1) is 11.6 Å². The van der Waals surface area contributed by atoms with Gasteiger partial charge < -0.3 is 39.7 Å². The number of nitrogens with zero attached hydrogens (tertiary/aromatic N) is 2. The average molecular weight is 708 g/mol. The fourth-order valence-electron chi connectivity index (χ4n) is 6.74. The summed E-state index contributed by atoms with van der Waals surface area (Å²) in [5.74, 6) is -4.32. The van der Waals surface area contributed by atoms with Crippen molar-refractivity contribution in [2.75, 3.05) is 40.6 Å². The van der Waals surface area contributed by atoms with E-state index in [0.29, 0.717) is 22.2 Å². The number of carbonyl (C=O) groups excluding carboxylic acids is 2. The molecule has 5 N–H and O–H groups in total. The Balaban J connectivity index is 1.18. The molecule has 11 nitrogen and oxygen atoms in total. The van der Waals surface area contributed by atoms with E-state index in [1.54, 1.807) is 30.3 Å². The maximum Gasteiger partial charge on any atom is 0.432 e. The number of rotatable bonds is 8. The minimum Gasteiger partial charge on any atom is -0.506 e. The number of carboxylic acid groups (broad SMARTS) is 1. The molecule has 0 saturated heterocycles. The monoisotopic (exact) mass is 707 g/mol. The number of hydrogen-bond acceptors (Lipinski definition) is 6. The summed E-state index contributed by atoms with van der Waals surface area (Å²) in [4.78, 5) is 47.6. The molecule has 0 radical (unpaired) electrons. The Morgan fingerprint density at radius 1 is 1.04 bits per heavy atom. The normalized spacial score (nSPS) is 14.5. The molecule has 4 heterocycles. The van der Waals surface area contributed by atoms with Gasteiger partial charge in [-0.05, 0) is 61.9 Å². The lowest BCUT2D eigenvalue weighted by molar-refractivity contribution is -0.141. The second-order valence-electron chi connectivity index (χ2n) is 12.0. The van der Waals surface area contributed by atoms with E-state index in [9.17, 15) is 37.8 Å². The molecule has 50 heavy (non-hydrogen) atoms. The van der Waals surface area contributed by atoms with E-state index in [4.69, 9.17) is 16.0 Å². The molecule has 1 aliphatic heterocycles. The topological polar surface area (TPSA) is 155 Å². The number of benzene rings is 3. The van der Waals surface area contributed by atoms with Crippen molar-refractivity contribution in [1.29, 1.82) is 0 Å². The molecule has 2 amide bonds. The van der Waals surface area contributed by atoms with Crippen LogP contribution >= 0.6 is 11.6 Å². The van der Waals surface area contributed by atoms with E-state index in [0.717, 1.165) is 30.2 Å². The fraction of sp³-hybridized carbons (Fsp3) is 0.229. The van der Waals surface area contributed by atoms with Gasteiger partial charge in [-0.2, -0.15) is 13.2 Å². The smallest absolute Gasteiger partial charge is 0.432 e. The highest BCUT2D eigenvalue weighted by molar-refractivity contribution is 6.20. The van der Waals surface area contributed by atoms with Crippen LogP contribution in [-0.2, 0) is 6.18 Å². The number of hydrogen-bond donors (Lipinski definition) is 5. The van der Waals surface area contributed by atoms with Gasteiger partial charge in [0.2, 0.25) is 0 Å². The molecule has 3 aromatic heterocycles. The molecule has 0 bridgehead atoms. The van der Waals surface area contributed by atoms with Crippen LogP contribution in [0.1, 0.15) is 62.4 Å². The summed E-state index contributed by atoms with van der Waals surface area (Å²) >= 11 is 6.21. The van der Waals surface area contributed by atoms with Crippen LogP contribution in [-0.4, -0.2) is 63.5 Å². The zero-order valence-corrected chi connectivity index (χ0v) is 27.3. The molecule has 15 heteroatoms. The highest BCUT2D eigenvalue weighted by Gasteiger charge is 2.43. The maximum absolute atomic E-state index is 13.9. The van der Waals surface area contributed by atoms with E-state index in [1.807, 2.05) is 23.2 Å². The molecule has 1 aliphatic rings. The number of H-pyrrole nitrogens is 2. The Kier molecular flexibility index (Phi) is 7.93. The number of aromatic nitrogens is 2. The number of carboxylic acids is 1. The van der Waals surface area contributed by atoms with E-state index in [1.165, 1.54) is 4.90 Å². The predicted molar refractivity (Wildman–Crippen MR) is 183 cm³/mol. The lowest BCUT2D eigenvalue weighted by Gasteiger charge is -2.20. The molecule has 0 unspecified atom stereocenters. The van der Waals surface area contributed by atoms with Crippen LogP contribution in [0.15, 0.2) is 59.0 Å². The first-order valence-corrected chi connectivity index (χ1v) is 16.2. The van der Waals surface area contributed by atoms with Crippen molar-refractivity contribution in [3.8, 4) is 5.75 Å². The minimum atomic E-state index is -5.05. The van der Waals surface area contributed by atoms with Gasteiger partial charge in [-0.1, -0.05) is 0 Å². The molecule has 1 atom stereocenters. The minimum absolute atomic E-state index is 0.0440. The molecular formula is C35H29ClF3N5O6. The zero-order chi connectivity index (χ0) is 35.6. The quantitative estimate of drug-likeness (QED) is 0.101. The Morgan fingerprint density at radius 2 is 1.80 bits per heavy atom. The number of aromatic amines is 2. The maximum atomic E-state index is 13.9. The Bertz CT molecular complexity index is 2360. The summed E-state index contributed by atoms with van der Waals surface area (Å²) in [6, 6.07) is 15.1. The average Bonchev–Trinajstić information content (AvgIpc) is 3.86. The number of fused-ring (bicyclic) bond motifs is 5. The van der Waals surface area contributed by atoms with Crippen LogP contribution in [0.4, 0.5) is 30.2 Å². The first-order valence-electron chi connectivity index (χ1n) is 15.6. The second kappa shape index (κ2) is 12.1. The zero-order valence-electron chi connectivity index (χ0n) is 26.5. The summed E-state index contributed by atoms with van der Waals surface area (Å²) in [6.45, 7) is 5.68. The van der Waals surface area contributed by atoms with E-state index < -0.39 is 52.4 Å². The van der Waals surface area contributed by atoms with Crippen LogP contribution in [0.5, 0.6) is 5.75 Å². The molecule has 0 saturated carbocycles. The number of nitrogens with one attached hydrogen (secondary N) is 3. The summed E-state index contributed by atoms with van der Waals surface area (Å²) in [7, 11) is 0. The van der Waals surface area contributed by atoms with Crippen molar-refractivity contribution in [3.05, 3.63) is 82.9 Å². The predicted octanol–water partition coefficient (Wildman–Crippen LogP) is 7.90. The highest BCUT2D eigenvalue weighted by Crippen LogP contribution is 2.49. The number of aromatic hydroxyl groups is 1. The summed E-state index contributed by atoms with van der Waals surface area (Å²) in [6.07, 6.45) is -5.05. The molecule has 0 aliphatic carbocycles. The molecular weight excluding hydrogens is 679 g/mol. The first kappa shape index (κ1) is 32.9.